The third-order valence-corrected chi connectivity index (χ3v) is 5.36. The molecular formula is C21H22ClF3N2O. The maximum Gasteiger partial charge on any atom is 0.220 e. The van der Waals surface area contributed by atoms with Crippen LogP contribution < -0.4 is 5.32 Å². The van der Waals surface area contributed by atoms with Gasteiger partial charge in [-0.05, 0) is 62.2 Å². The maximum absolute atomic E-state index is 14.4. The van der Waals surface area contributed by atoms with E-state index in [2.05, 4.69) is 10.2 Å². The molecule has 2 aromatic carbocycles. The lowest BCUT2D eigenvalue weighted by atomic mass is 10.0. The Morgan fingerprint density at radius 3 is 2.50 bits per heavy atom. The van der Waals surface area contributed by atoms with Gasteiger partial charge in [0.05, 0.1) is 6.04 Å². The number of likely N-dealkylation sites (tertiary alicyclic amines) is 1. The minimum atomic E-state index is -0.929. The van der Waals surface area contributed by atoms with Crippen LogP contribution in [0.15, 0.2) is 36.4 Å². The first-order valence-electron chi connectivity index (χ1n) is 9.34. The number of carbonyl (C=O) groups excluding carboxylic acids is 1. The molecule has 0 radical (unpaired) electrons. The Morgan fingerprint density at radius 1 is 1.07 bits per heavy atom. The third kappa shape index (κ3) is 5.06. The predicted molar refractivity (Wildman–Crippen MR) is 103 cm³/mol. The molecule has 1 aliphatic heterocycles. The fourth-order valence-electron chi connectivity index (χ4n) is 3.55. The standard InChI is InChI=1S/C21H22ClF3N2O/c22-15-4-3-5-17(24)21(15)19(27-10-1-2-11-27)13-26-20(28)9-7-14-6-8-16(23)18(25)12-14/h3-6,8,12,19H,1-2,7,9-11,13H2,(H,26,28). The molecule has 7 heteroatoms. The zero-order valence-corrected chi connectivity index (χ0v) is 16.1. The van der Waals surface area contributed by atoms with Gasteiger partial charge in [0, 0.05) is 23.6 Å². The average molecular weight is 411 g/mol. The summed E-state index contributed by atoms with van der Waals surface area (Å²) in [6.45, 7) is 1.87. The third-order valence-electron chi connectivity index (χ3n) is 5.03. The van der Waals surface area contributed by atoms with Crippen LogP contribution in [0.2, 0.25) is 5.02 Å². The lowest BCUT2D eigenvalue weighted by Gasteiger charge is -2.29. The van der Waals surface area contributed by atoms with Gasteiger partial charge in [0.1, 0.15) is 5.82 Å². The Bertz CT molecular complexity index is 820. The van der Waals surface area contributed by atoms with Crippen molar-refractivity contribution in [2.75, 3.05) is 19.6 Å². The highest BCUT2D eigenvalue weighted by Gasteiger charge is 2.28. The summed E-state index contributed by atoms with van der Waals surface area (Å²) in [4.78, 5) is 14.4. The normalized spacial score (nSPS) is 15.6. The molecular weight excluding hydrogens is 389 g/mol. The smallest absolute Gasteiger partial charge is 0.220 e. The number of hydrogen-bond acceptors (Lipinski definition) is 2. The number of hydrogen-bond donors (Lipinski definition) is 1. The van der Waals surface area contributed by atoms with Gasteiger partial charge < -0.3 is 5.32 Å². The minimum Gasteiger partial charge on any atom is -0.354 e. The molecule has 28 heavy (non-hydrogen) atoms. The minimum absolute atomic E-state index is 0.128. The number of nitrogens with zero attached hydrogens (tertiary/aromatic N) is 1. The average Bonchev–Trinajstić information content (AvgIpc) is 3.19. The van der Waals surface area contributed by atoms with E-state index in [-0.39, 0.29) is 37.2 Å². The lowest BCUT2D eigenvalue weighted by molar-refractivity contribution is -0.121. The molecule has 1 fully saturated rings. The number of benzene rings is 2. The lowest BCUT2D eigenvalue weighted by Crippen LogP contribution is -2.37. The first-order chi connectivity index (χ1) is 13.5. The fraction of sp³-hybridized carbons (Fsp3) is 0.381. The van der Waals surface area contributed by atoms with E-state index in [1.807, 2.05) is 0 Å². The second-order valence-electron chi connectivity index (χ2n) is 6.95. The molecule has 1 amide bonds. The van der Waals surface area contributed by atoms with Crippen LogP contribution in [0.3, 0.4) is 0 Å². The SMILES string of the molecule is O=C(CCc1ccc(F)c(F)c1)NCC(c1c(F)cccc1Cl)N1CCCC1. The van der Waals surface area contributed by atoms with Crippen molar-refractivity contribution < 1.29 is 18.0 Å². The van der Waals surface area contributed by atoms with Crippen LogP contribution in [0.5, 0.6) is 0 Å². The molecule has 1 atom stereocenters. The molecule has 0 bridgehead atoms. The van der Waals surface area contributed by atoms with Gasteiger partial charge in [-0.25, -0.2) is 13.2 Å². The second kappa shape index (κ2) is 9.43. The highest BCUT2D eigenvalue weighted by molar-refractivity contribution is 6.31. The summed E-state index contributed by atoms with van der Waals surface area (Å²) < 4.78 is 40.7. The van der Waals surface area contributed by atoms with Gasteiger partial charge in [-0.3, -0.25) is 9.69 Å². The molecule has 1 heterocycles. The summed E-state index contributed by atoms with van der Waals surface area (Å²) in [5, 5.41) is 3.18. The Labute approximate surface area is 167 Å². The molecule has 1 N–H and O–H groups in total. The van der Waals surface area contributed by atoms with Crippen molar-refractivity contribution in [2.24, 2.45) is 0 Å². The quantitative estimate of drug-likeness (QED) is 0.721. The van der Waals surface area contributed by atoms with Gasteiger partial charge >= 0.3 is 0 Å². The summed E-state index contributed by atoms with van der Waals surface area (Å²) in [5.74, 6) is -2.47. The van der Waals surface area contributed by atoms with Crippen molar-refractivity contribution in [3.8, 4) is 0 Å². The van der Waals surface area contributed by atoms with E-state index in [1.54, 1.807) is 12.1 Å². The zero-order chi connectivity index (χ0) is 20.1. The molecule has 3 rings (SSSR count). The fourth-order valence-corrected chi connectivity index (χ4v) is 3.84. The number of nitrogens with one attached hydrogen (secondary N) is 1. The molecule has 1 aliphatic rings. The Morgan fingerprint density at radius 2 is 1.82 bits per heavy atom. The molecule has 0 spiro atoms. The topological polar surface area (TPSA) is 32.3 Å². The monoisotopic (exact) mass is 410 g/mol. The zero-order valence-electron chi connectivity index (χ0n) is 15.4. The number of carbonyl (C=O) groups is 1. The molecule has 0 saturated carbocycles. The number of aryl methyl sites for hydroxylation is 1. The van der Waals surface area contributed by atoms with Crippen molar-refractivity contribution in [3.63, 3.8) is 0 Å². The molecule has 2 aromatic rings. The van der Waals surface area contributed by atoms with Crippen LogP contribution in [0.25, 0.3) is 0 Å². The van der Waals surface area contributed by atoms with E-state index < -0.39 is 11.6 Å². The summed E-state index contributed by atoms with van der Waals surface area (Å²) in [6.07, 6.45) is 2.46. The van der Waals surface area contributed by atoms with Crippen LogP contribution >= 0.6 is 11.6 Å². The summed E-state index contributed by atoms with van der Waals surface area (Å²) in [6, 6.07) is 7.83. The van der Waals surface area contributed by atoms with E-state index in [4.69, 9.17) is 11.6 Å². The summed E-state index contributed by atoms with van der Waals surface area (Å²) >= 11 is 6.24. The van der Waals surface area contributed by atoms with E-state index >= 15 is 0 Å². The van der Waals surface area contributed by atoms with Gasteiger partial charge in [0.2, 0.25) is 5.91 Å². The van der Waals surface area contributed by atoms with Crippen molar-refractivity contribution in [3.05, 3.63) is 70.0 Å². The Hall–Kier alpha value is -2.05. The van der Waals surface area contributed by atoms with Crippen LogP contribution in [0.1, 0.15) is 36.4 Å². The largest absolute Gasteiger partial charge is 0.354 e. The van der Waals surface area contributed by atoms with Gasteiger partial charge in [-0.1, -0.05) is 23.7 Å². The summed E-state index contributed by atoms with van der Waals surface area (Å²) in [7, 11) is 0. The van der Waals surface area contributed by atoms with Crippen molar-refractivity contribution in [2.45, 2.75) is 31.7 Å². The number of halogens is 4. The molecule has 3 nitrogen and oxygen atoms in total. The molecule has 1 saturated heterocycles. The van der Waals surface area contributed by atoms with Crippen molar-refractivity contribution in [1.29, 1.82) is 0 Å². The van der Waals surface area contributed by atoms with Gasteiger partial charge in [-0.15, -0.1) is 0 Å². The van der Waals surface area contributed by atoms with E-state index in [0.717, 1.165) is 38.1 Å². The van der Waals surface area contributed by atoms with Crippen LogP contribution in [-0.4, -0.2) is 30.4 Å². The van der Waals surface area contributed by atoms with Crippen LogP contribution in [0.4, 0.5) is 13.2 Å². The molecule has 150 valence electrons. The highest BCUT2D eigenvalue weighted by atomic mass is 35.5. The van der Waals surface area contributed by atoms with E-state index in [1.165, 1.54) is 12.1 Å². The van der Waals surface area contributed by atoms with E-state index in [9.17, 15) is 18.0 Å². The van der Waals surface area contributed by atoms with Gasteiger partial charge in [-0.2, -0.15) is 0 Å². The van der Waals surface area contributed by atoms with Gasteiger partial charge in [0.25, 0.3) is 0 Å². The van der Waals surface area contributed by atoms with Crippen molar-refractivity contribution in [1.82, 2.24) is 10.2 Å². The first-order valence-corrected chi connectivity index (χ1v) is 9.72. The molecule has 0 aromatic heterocycles. The number of amides is 1. The summed E-state index contributed by atoms with van der Waals surface area (Å²) in [5.41, 5.74) is 0.939. The molecule has 0 aliphatic carbocycles. The van der Waals surface area contributed by atoms with Crippen LogP contribution in [-0.2, 0) is 11.2 Å². The number of rotatable bonds is 7. The van der Waals surface area contributed by atoms with Crippen molar-refractivity contribution >= 4 is 17.5 Å². The second-order valence-corrected chi connectivity index (χ2v) is 7.35. The Balaban J connectivity index is 1.63. The predicted octanol–water partition coefficient (Wildman–Crippen LogP) is 4.64. The Kier molecular flexibility index (Phi) is 6.97. The highest BCUT2D eigenvalue weighted by Crippen LogP contribution is 2.32. The molecule has 1 unspecified atom stereocenters. The van der Waals surface area contributed by atoms with E-state index in [0.29, 0.717) is 16.1 Å². The van der Waals surface area contributed by atoms with Gasteiger partial charge in [0.15, 0.2) is 11.6 Å². The van der Waals surface area contributed by atoms with Crippen LogP contribution in [0, 0.1) is 17.5 Å². The first kappa shape index (κ1) is 20.7. The maximum atomic E-state index is 14.4.